The molecule has 5 heteroatoms. The summed E-state index contributed by atoms with van der Waals surface area (Å²) in [5.74, 6) is 0. The van der Waals surface area contributed by atoms with E-state index in [2.05, 4.69) is 0 Å². The Morgan fingerprint density at radius 2 is 2.00 bits per heavy atom. The second kappa shape index (κ2) is 2.04. The number of para-hydroxylation sites is 1. The fraction of sp³-hybridized carbons (Fsp3) is 0. The maximum absolute atomic E-state index is 11.0. The van der Waals surface area contributed by atoms with Crippen LogP contribution in [0.1, 0.15) is 0 Å². The highest BCUT2D eigenvalue weighted by Gasteiger charge is 2.04. The summed E-state index contributed by atoms with van der Waals surface area (Å²) in [4.78, 5) is 11.2. The molecule has 0 spiro atoms. The maximum Gasteiger partial charge on any atom is 0.309 e. The molecule has 12 heavy (non-hydrogen) atoms. The summed E-state index contributed by atoms with van der Waals surface area (Å²) >= 11 is 0. The number of aromatic nitrogens is 2. The molecule has 0 aliphatic rings. The van der Waals surface area contributed by atoms with Crippen molar-refractivity contribution in [1.29, 1.82) is 0 Å². The molecule has 1 aromatic heterocycles. The molecule has 0 fully saturated rings. The highest BCUT2D eigenvalue weighted by Crippen LogP contribution is 2.07. The number of hydrogen-bond acceptors (Lipinski definition) is 3. The topological polar surface area (TPSA) is 70.2 Å². The largest absolute Gasteiger partial charge is 0.789 e. The molecule has 0 aliphatic carbocycles. The fourth-order valence-corrected chi connectivity index (χ4v) is 1.11. The van der Waals surface area contributed by atoms with Crippen molar-refractivity contribution in [3.05, 3.63) is 39.8 Å². The van der Waals surface area contributed by atoms with Gasteiger partial charge in [-0.1, -0.05) is 17.0 Å². The van der Waals surface area contributed by atoms with Crippen molar-refractivity contribution in [2.75, 3.05) is 0 Å². The molecule has 0 amide bonds. The normalized spacial score (nSPS) is 10.7. The molecule has 0 radical (unpaired) electrons. The van der Waals surface area contributed by atoms with Crippen molar-refractivity contribution in [3.8, 4) is 0 Å². The van der Waals surface area contributed by atoms with Crippen molar-refractivity contribution < 1.29 is 5.21 Å². The van der Waals surface area contributed by atoms with Gasteiger partial charge in [0.25, 0.3) is 0 Å². The predicted molar refractivity (Wildman–Crippen MR) is 42.1 cm³/mol. The molecule has 0 saturated carbocycles. The minimum absolute atomic E-state index is 0.0463. The second-order valence-electron chi connectivity index (χ2n) is 2.38. The molecule has 2 rings (SSSR count). The van der Waals surface area contributed by atoms with E-state index in [-0.39, 0.29) is 20.6 Å². The molecule has 0 unspecified atom stereocenters. The third-order valence-corrected chi connectivity index (χ3v) is 1.69. The van der Waals surface area contributed by atoms with Gasteiger partial charge in [-0.3, -0.25) is 9.64 Å². The molecule has 62 valence electrons. The van der Waals surface area contributed by atoms with Crippen molar-refractivity contribution in [2.24, 2.45) is 0 Å². The van der Waals surface area contributed by atoms with Gasteiger partial charge in [0.2, 0.25) is 0 Å². The van der Waals surface area contributed by atoms with Crippen LogP contribution < -0.4 is 5.56 Å². The van der Waals surface area contributed by atoms with E-state index in [0.717, 1.165) is 0 Å². The zero-order valence-corrected chi connectivity index (χ0v) is 5.97. The molecular weight excluding hydrogens is 160 g/mol. The number of rotatable bonds is 0. The van der Waals surface area contributed by atoms with Crippen LogP contribution in [0.3, 0.4) is 0 Å². The average molecular weight is 165 g/mol. The first-order chi connectivity index (χ1) is 5.72. The van der Waals surface area contributed by atoms with Crippen LogP contribution in [0.4, 0.5) is 0 Å². The molecule has 5 nitrogen and oxygen atoms in total. The third kappa shape index (κ3) is 0.646. The lowest BCUT2D eigenvalue weighted by atomic mass is 10.3. The molecule has 0 saturated heterocycles. The Kier molecular flexibility index (Phi) is 1.15. The highest BCUT2D eigenvalue weighted by molar-refractivity contribution is 5.78. The summed E-state index contributed by atoms with van der Waals surface area (Å²) in [6.45, 7) is 0. The number of hydrogen-bond donors (Lipinski definition) is 1. The Bertz CT molecular complexity index is 483. The van der Waals surface area contributed by atoms with E-state index in [1.165, 1.54) is 12.1 Å². The summed E-state index contributed by atoms with van der Waals surface area (Å²) in [6.07, 6.45) is 0. The Morgan fingerprint density at radius 3 is 2.67 bits per heavy atom. The van der Waals surface area contributed by atoms with Gasteiger partial charge >= 0.3 is 5.56 Å². The molecule has 2 aromatic rings. The Balaban J connectivity index is 3.09. The average Bonchev–Trinajstić information content (AvgIpc) is 2.33. The predicted octanol–water partition coefficient (Wildman–Crippen LogP) is 0.386. The van der Waals surface area contributed by atoms with Gasteiger partial charge in [0.05, 0.1) is 10.9 Å². The van der Waals surface area contributed by atoms with Crippen molar-refractivity contribution >= 4 is 10.9 Å². The quantitative estimate of drug-likeness (QED) is 0.574. The van der Waals surface area contributed by atoms with Crippen molar-refractivity contribution in [1.82, 2.24) is 9.69 Å². The highest BCUT2D eigenvalue weighted by atomic mass is 16.6. The molecule has 0 aliphatic heterocycles. The lowest BCUT2D eigenvalue weighted by molar-refractivity contribution is 0.122. The zero-order chi connectivity index (χ0) is 8.72. The maximum atomic E-state index is 11.0. The van der Waals surface area contributed by atoms with Crippen LogP contribution in [-0.2, 0) is 0 Å². The van der Waals surface area contributed by atoms with Crippen LogP contribution in [-0.4, -0.2) is 14.9 Å². The zero-order valence-electron chi connectivity index (χ0n) is 5.97. The monoisotopic (exact) mass is 165 g/mol. The van der Waals surface area contributed by atoms with E-state index in [4.69, 9.17) is 5.21 Å². The Labute approximate surface area is 66.6 Å². The summed E-state index contributed by atoms with van der Waals surface area (Å²) < 4.78 is 0. The van der Waals surface area contributed by atoms with E-state index in [1.54, 1.807) is 12.1 Å². The van der Waals surface area contributed by atoms with E-state index in [1.807, 2.05) is 0 Å². The first kappa shape index (κ1) is 6.78. The van der Waals surface area contributed by atoms with Crippen LogP contribution in [0.5, 0.6) is 0 Å². The summed E-state index contributed by atoms with van der Waals surface area (Å²) in [5.41, 5.74) is -0.523. The Morgan fingerprint density at radius 1 is 1.33 bits per heavy atom. The summed E-state index contributed by atoms with van der Waals surface area (Å²) in [5, 5.41) is 20.1. The van der Waals surface area contributed by atoms with Gasteiger partial charge < -0.3 is 10.4 Å². The number of nitrogens with zero attached hydrogens (tertiary/aromatic N) is 2. The van der Waals surface area contributed by atoms with Gasteiger partial charge in [-0.05, 0) is 12.1 Å². The first-order valence-electron chi connectivity index (χ1n) is 3.31. The van der Waals surface area contributed by atoms with E-state index < -0.39 is 5.56 Å². The van der Waals surface area contributed by atoms with Crippen molar-refractivity contribution in [3.63, 3.8) is 0 Å². The minimum atomic E-state index is -0.694. The molecule has 1 N–H and O–H groups in total. The summed E-state index contributed by atoms with van der Waals surface area (Å²) in [7, 11) is 0. The van der Waals surface area contributed by atoms with Gasteiger partial charge in [0.1, 0.15) is 0 Å². The van der Waals surface area contributed by atoms with Gasteiger partial charge in [0.15, 0.2) is 0 Å². The van der Waals surface area contributed by atoms with E-state index in [9.17, 15) is 10.0 Å². The lowest BCUT2D eigenvalue weighted by Gasteiger charge is -2.08. The van der Waals surface area contributed by atoms with Crippen LogP contribution in [0.25, 0.3) is 10.9 Å². The minimum Gasteiger partial charge on any atom is -0.789 e. The molecule has 0 bridgehead atoms. The van der Waals surface area contributed by atoms with Crippen LogP contribution in [0, 0.1) is 5.21 Å². The van der Waals surface area contributed by atoms with Gasteiger partial charge in [0, 0.05) is 0 Å². The van der Waals surface area contributed by atoms with Gasteiger partial charge in [-0.2, -0.15) is 0 Å². The van der Waals surface area contributed by atoms with Gasteiger partial charge in [-0.15, -0.1) is 0 Å². The standard InChI is InChI=1S/C7H5N2O3/c10-7-5-3-1-2-4-6(5)8(11)9(7)12/h1-4,12H/q-1. The van der Waals surface area contributed by atoms with Crippen molar-refractivity contribution in [2.45, 2.75) is 0 Å². The second-order valence-corrected chi connectivity index (χ2v) is 2.38. The molecule has 1 aromatic carbocycles. The van der Waals surface area contributed by atoms with Crippen LogP contribution >= 0.6 is 0 Å². The molecule has 1 heterocycles. The Hall–Kier alpha value is -1.91. The molecular formula is C7H5N2O3-. The van der Waals surface area contributed by atoms with Crippen LogP contribution in [0.15, 0.2) is 29.1 Å². The number of fused-ring (bicyclic) bond motifs is 1. The molecule has 0 atom stereocenters. The SMILES string of the molecule is O=c1c2ccccc2n([O-])n1O. The third-order valence-electron chi connectivity index (χ3n) is 1.69. The lowest BCUT2D eigenvalue weighted by Crippen LogP contribution is -2.17. The number of benzene rings is 1. The fourth-order valence-electron chi connectivity index (χ4n) is 1.11. The smallest absolute Gasteiger partial charge is 0.309 e. The first-order valence-corrected chi connectivity index (χ1v) is 3.31. The van der Waals surface area contributed by atoms with Gasteiger partial charge in [-0.25, -0.2) is 0 Å². The van der Waals surface area contributed by atoms with Crippen LogP contribution in [0.2, 0.25) is 0 Å². The van der Waals surface area contributed by atoms with E-state index in [0.29, 0.717) is 0 Å². The van der Waals surface area contributed by atoms with E-state index >= 15 is 0 Å². The summed E-state index contributed by atoms with van der Waals surface area (Å²) in [6, 6.07) is 6.20.